The third kappa shape index (κ3) is 9.45. The highest BCUT2D eigenvalue weighted by Gasteiger charge is 2.31. The lowest BCUT2D eigenvalue weighted by atomic mass is 10.0. The maximum atomic E-state index is 13.5. The van der Waals surface area contributed by atoms with Gasteiger partial charge in [-0.3, -0.25) is 19.2 Å². The highest BCUT2D eigenvalue weighted by atomic mass is 16.5. The molecule has 3 aromatic carbocycles. The van der Waals surface area contributed by atoms with E-state index in [1.54, 1.807) is 62.7 Å². The normalized spacial score (nSPS) is 19.3. The quantitative estimate of drug-likeness (QED) is 0.260. The Hall–Kier alpha value is -5.10. The van der Waals surface area contributed by atoms with Crippen LogP contribution in [-0.4, -0.2) is 92.3 Å². The number of nitrogens with zero attached hydrogens (tertiary/aromatic N) is 1. The molecular formula is C34H40N4O8. The Balaban J connectivity index is 1.51. The molecule has 0 saturated carbocycles. The van der Waals surface area contributed by atoms with Gasteiger partial charge in [0.15, 0.2) is 0 Å². The third-order valence-corrected chi connectivity index (χ3v) is 7.60. The molecule has 4 rings (SSSR count). The summed E-state index contributed by atoms with van der Waals surface area (Å²) < 4.78 is 16.9. The summed E-state index contributed by atoms with van der Waals surface area (Å²) >= 11 is 0. The van der Waals surface area contributed by atoms with Crippen LogP contribution in [0.25, 0.3) is 0 Å². The number of hydrogen-bond donors (Lipinski definition) is 4. The number of ether oxygens (including phenoxy) is 3. The van der Waals surface area contributed by atoms with Gasteiger partial charge >= 0.3 is 0 Å². The van der Waals surface area contributed by atoms with Gasteiger partial charge in [-0.15, -0.1) is 0 Å². The Bertz CT molecular complexity index is 1470. The van der Waals surface area contributed by atoms with E-state index in [9.17, 15) is 24.3 Å². The molecule has 0 aliphatic carbocycles. The van der Waals surface area contributed by atoms with E-state index in [4.69, 9.17) is 14.2 Å². The summed E-state index contributed by atoms with van der Waals surface area (Å²) in [5.41, 5.74) is 1.15. The number of amides is 4. The summed E-state index contributed by atoms with van der Waals surface area (Å²) in [6.45, 7) is -0.301. The van der Waals surface area contributed by atoms with Crippen molar-refractivity contribution < 1.29 is 38.5 Å². The van der Waals surface area contributed by atoms with E-state index in [0.29, 0.717) is 17.9 Å². The summed E-state index contributed by atoms with van der Waals surface area (Å²) in [6, 6.07) is 20.3. The maximum absolute atomic E-state index is 13.5. The number of methoxy groups -OCH3 is 1. The van der Waals surface area contributed by atoms with E-state index in [2.05, 4.69) is 16.0 Å². The van der Waals surface area contributed by atoms with Crippen molar-refractivity contribution in [2.75, 3.05) is 40.5 Å². The van der Waals surface area contributed by atoms with E-state index in [0.717, 1.165) is 5.56 Å². The van der Waals surface area contributed by atoms with Gasteiger partial charge in [-0.25, -0.2) is 0 Å². The average Bonchev–Trinajstić information content (AvgIpc) is 3.09. The number of aliphatic hydroxyl groups excluding tert-OH is 1. The number of likely N-dealkylation sites (N-methyl/N-ethyl adjacent to an activating group) is 1. The van der Waals surface area contributed by atoms with Gasteiger partial charge in [0.1, 0.15) is 42.5 Å². The standard InChI is InChI=1S/C34H40N4O8/c1-38-24(20-23-8-4-3-5-9-23)22-46-30-11-7-6-10-27(30)32(41)37-28(16-17-31(40)36-29(21-39)34(38)43)33(42)35-18-19-45-26-14-12-25(44-2)13-15-26/h3-15,24,28-29,39H,16-22H2,1-2H3,(H,35,42)(H,36,40)(H,37,41)/t24-,28+,29+/m1/s1. The number of carbonyl (C=O) groups is 4. The molecule has 0 aromatic heterocycles. The molecule has 0 fully saturated rings. The van der Waals surface area contributed by atoms with Gasteiger partial charge in [0.2, 0.25) is 17.7 Å². The minimum Gasteiger partial charge on any atom is -0.497 e. The largest absolute Gasteiger partial charge is 0.497 e. The Kier molecular flexibility index (Phi) is 12.4. The molecule has 0 radical (unpaired) electrons. The first kappa shape index (κ1) is 33.8. The molecule has 12 nitrogen and oxygen atoms in total. The number of carbonyl (C=O) groups excluding carboxylic acids is 4. The van der Waals surface area contributed by atoms with Crippen molar-refractivity contribution in [3.05, 3.63) is 90.0 Å². The summed E-state index contributed by atoms with van der Waals surface area (Å²) in [7, 11) is 3.15. The number of rotatable bonds is 9. The van der Waals surface area contributed by atoms with Crippen molar-refractivity contribution in [2.24, 2.45) is 0 Å². The second-order valence-corrected chi connectivity index (χ2v) is 10.8. The number of fused-ring (bicyclic) bond motifs is 1. The van der Waals surface area contributed by atoms with Gasteiger partial charge in [-0.2, -0.15) is 0 Å². The first-order valence-electron chi connectivity index (χ1n) is 15.1. The van der Waals surface area contributed by atoms with Crippen LogP contribution in [0.3, 0.4) is 0 Å². The van der Waals surface area contributed by atoms with E-state index >= 15 is 0 Å². The fraction of sp³-hybridized carbons (Fsp3) is 0.353. The van der Waals surface area contributed by atoms with E-state index in [1.165, 1.54) is 4.90 Å². The van der Waals surface area contributed by atoms with Crippen LogP contribution in [0.5, 0.6) is 17.2 Å². The van der Waals surface area contributed by atoms with Gasteiger partial charge in [0.25, 0.3) is 5.91 Å². The van der Waals surface area contributed by atoms with Crippen molar-refractivity contribution >= 4 is 23.6 Å². The zero-order chi connectivity index (χ0) is 32.9. The zero-order valence-corrected chi connectivity index (χ0v) is 25.9. The number of nitrogens with one attached hydrogen (secondary N) is 3. The lowest BCUT2D eigenvalue weighted by molar-refractivity contribution is -0.138. The Morgan fingerprint density at radius 1 is 0.978 bits per heavy atom. The summed E-state index contributed by atoms with van der Waals surface area (Å²) in [4.78, 5) is 54.6. The van der Waals surface area contributed by atoms with Crippen molar-refractivity contribution in [3.63, 3.8) is 0 Å². The van der Waals surface area contributed by atoms with Crippen LogP contribution in [0, 0.1) is 0 Å². The maximum Gasteiger partial charge on any atom is 0.255 e. The molecule has 0 bridgehead atoms. The summed E-state index contributed by atoms with van der Waals surface area (Å²) in [5, 5.41) is 18.1. The fourth-order valence-corrected chi connectivity index (χ4v) is 4.96. The van der Waals surface area contributed by atoms with Crippen molar-refractivity contribution in [3.8, 4) is 17.2 Å². The summed E-state index contributed by atoms with van der Waals surface area (Å²) in [6.07, 6.45) is 0.165. The topological polar surface area (TPSA) is 156 Å². The molecule has 4 N–H and O–H groups in total. The zero-order valence-electron chi connectivity index (χ0n) is 25.9. The van der Waals surface area contributed by atoms with Crippen molar-refractivity contribution in [2.45, 2.75) is 37.4 Å². The van der Waals surface area contributed by atoms with Gasteiger partial charge in [0.05, 0.1) is 31.9 Å². The van der Waals surface area contributed by atoms with Gasteiger partial charge in [-0.05, 0) is 54.8 Å². The molecule has 0 unspecified atom stereocenters. The van der Waals surface area contributed by atoms with Crippen LogP contribution in [0.4, 0.5) is 0 Å². The second kappa shape index (κ2) is 16.8. The molecule has 3 aromatic rings. The van der Waals surface area contributed by atoms with Crippen molar-refractivity contribution in [1.29, 1.82) is 0 Å². The van der Waals surface area contributed by atoms with Crippen LogP contribution < -0.4 is 30.2 Å². The smallest absolute Gasteiger partial charge is 0.255 e. The van der Waals surface area contributed by atoms with E-state index < -0.39 is 48.4 Å². The number of aliphatic hydroxyl groups is 1. The molecule has 46 heavy (non-hydrogen) atoms. The van der Waals surface area contributed by atoms with Gasteiger partial charge in [-0.1, -0.05) is 42.5 Å². The highest BCUT2D eigenvalue weighted by molar-refractivity contribution is 5.99. The molecule has 1 aliphatic rings. The molecule has 0 saturated heterocycles. The molecule has 1 heterocycles. The molecule has 12 heteroatoms. The molecular weight excluding hydrogens is 592 g/mol. The second-order valence-electron chi connectivity index (χ2n) is 10.8. The fourth-order valence-electron chi connectivity index (χ4n) is 4.96. The van der Waals surface area contributed by atoms with Crippen LogP contribution in [0.1, 0.15) is 28.8 Å². The average molecular weight is 633 g/mol. The molecule has 1 aliphatic heterocycles. The van der Waals surface area contributed by atoms with Crippen LogP contribution >= 0.6 is 0 Å². The third-order valence-electron chi connectivity index (χ3n) is 7.60. The Labute approximate surface area is 268 Å². The number of hydrogen-bond acceptors (Lipinski definition) is 8. The minimum atomic E-state index is -1.20. The SMILES string of the molecule is COc1ccc(OCCNC(=O)[C@@H]2CCC(=O)N[C@@H](CO)C(=O)N(C)[C@H](Cc3ccccc3)COc3ccccc3C(=O)N2)cc1. The van der Waals surface area contributed by atoms with E-state index in [-0.39, 0.29) is 43.9 Å². The first-order chi connectivity index (χ1) is 22.3. The number of benzene rings is 3. The van der Waals surface area contributed by atoms with Crippen LogP contribution in [-0.2, 0) is 20.8 Å². The molecule has 244 valence electrons. The Morgan fingerprint density at radius 3 is 2.39 bits per heavy atom. The van der Waals surface area contributed by atoms with Crippen LogP contribution in [0.2, 0.25) is 0 Å². The lowest BCUT2D eigenvalue weighted by Crippen LogP contribution is -2.54. The highest BCUT2D eigenvalue weighted by Crippen LogP contribution is 2.21. The van der Waals surface area contributed by atoms with Crippen molar-refractivity contribution in [1.82, 2.24) is 20.9 Å². The first-order valence-corrected chi connectivity index (χ1v) is 15.1. The van der Waals surface area contributed by atoms with Gasteiger partial charge < -0.3 is 40.2 Å². The predicted molar refractivity (Wildman–Crippen MR) is 170 cm³/mol. The molecule has 0 spiro atoms. The molecule has 3 atom stereocenters. The lowest BCUT2D eigenvalue weighted by Gasteiger charge is -2.31. The predicted octanol–water partition coefficient (Wildman–Crippen LogP) is 1.71. The monoisotopic (exact) mass is 632 g/mol. The summed E-state index contributed by atoms with van der Waals surface area (Å²) in [5.74, 6) is -0.572. The molecule has 4 amide bonds. The van der Waals surface area contributed by atoms with E-state index in [1.807, 2.05) is 30.3 Å². The van der Waals surface area contributed by atoms with Gasteiger partial charge in [0, 0.05) is 13.5 Å². The van der Waals surface area contributed by atoms with Crippen LogP contribution in [0.15, 0.2) is 78.9 Å². The minimum absolute atomic E-state index is 0.0195. The number of para-hydroxylation sites is 1. The Morgan fingerprint density at radius 2 is 1.67 bits per heavy atom.